The zero-order valence-electron chi connectivity index (χ0n) is 20.4. The molecule has 5 rings (SSSR count). The van der Waals surface area contributed by atoms with Gasteiger partial charge in [-0.15, -0.1) is 0 Å². The molecule has 3 aromatic heterocycles. The highest BCUT2D eigenvalue weighted by Gasteiger charge is 2.47. The molecule has 0 spiro atoms. The third kappa shape index (κ3) is 6.14. The van der Waals surface area contributed by atoms with Crippen LogP contribution in [0.2, 0.25) is 5.28 Å². The molecular formula is C22H22ClFN7O7PS. The fourth-order valence-electron chi connectivity index (χ4n) is 3.94. The van der Waals surface area contributed by atoms with Gasteiger partial charge in [0.2, 0.25) is 5.28 Å². The molecule has 4 heterocycles. The molecule has 4 aromatic rings. The van der Waals surface area contributed by atoms with Crippen LogP contribution in [0.3, 0.4) is 0 Å². The molecule has 4 N–H and O–H groups in total. The number of nitrogen functional groups attached to an aromatic ring is 1. The Hall–Kier alpha value is -3.08. The predicted octanol–water partition coefficient (Wildman–Crippen LogP) is 3.76. The standard InChI is InChI=1S/C22H22ClFN7O7PS/c23-22-28-19(25)17-20(29-22)30(11-26-17)21-16(24)18(32)14(38-21)10-37-39(35,27-8-12-4-2-1-3-5-12)36-9-13-6-7-15(40-13)31(33)34/h1-7,11,14,16,18,21,32H,8-10H2,(H,27,35)(H2,25,28,29)/t14-,16?,18?,21-,39?/m1/s1. The van der Waals surface area contributed by atoms with Crippen molar-refractivity contribution < 1.29 is 32.8 Å². The Morgan fingerprint density at radius 2 is 2.05 bits per heavy atom. The van der Waals surface area contributed by atoms with Gasteiger partial charge in [-0.1, -0.05) is 41.7 Å². The van der Waals surface area contributed by atoms with E-state index in [0.29, 0.717) is 4.88 Å². The van der Waals surface area contributed by atoms with Crippen molar-refractivity contribution in [1.82, 2.24) is 24.6 Å². The Morgan fingerprint density at radius 3 is 2.77 bits per heavy atom. The van der Waals surface area contributed by atoms with Crippen molar-refractivity contribution in [3.8, 4) is 0 Å². The number of aliphatic hydroxyl groups excluding tert-OH is 1. The molecule has 1 aromatic carbocycles. The van der Waals surface area contributed by atoms with Gasteiger partial charge in [0.05, 0.1) is 24.5 Å². The van der Waals surface area contributed by atoms with Crippen LogP contribution in [0.25, 0.3) is 11.2 Å². The average Bonchev–Trinajstić information content (AvgIpc) is 3.65. The van der Waals surface area contributed by atoms with Gasteiger partial charge in [-0.2, -0.15) is 9.97 Å². The number of thiophene rings is 1. The van der Waals surface area contributed by atoms with Crippen molar-refractivity contribution >= 4 is 52.7 Å². The quantitative estimate of drug-likeness (QED) is 0.0962. The summed E-state index contributed by atoms with van der Waals surface area (Å²) >= 11 is 6.75. The van der Waals surface area contributed by atoms with Gasteiger partial charge in [0, 0.05) is 17.5 Å². The highest BCUT2D eigenvalue weighted by Crippen LogP contribution is 2.47. The van der Waals surface area contributed by atoms with E-state index >= 15 is 4.39 Å². The summed E-state index contributed by atoms with van der Waals surface area (Å²) in [6, 6.07) is 11.8. The van der Waals surface area contributed by atoms with Crippen molar-refractivity contribution in [3.05, 3.63) is 74.6 Å². The predicted molar refractivity (Wildman–Crippen MR) is 142 cm³/mol. The molecule has 0 aliphatic carbocycles. The molecule has 1 aliphatic heterocycles. The monoisotopic (exact) mass is 613 g/mol. The summed E-state index contributed by atoms with van der Waals surface area (Å²) in [4.78, 5) is 22.8. The first-order valence-electron chi connectivity index (χ1n) is 11.7. The van der Waals surface area contributed by atoms with Crippen LogP contribution in [0.4, 0.5) is 15.2 Å². The van der Waals surface area contributed by atoms with Gasteiger partial charge >= 0.3 is 12.7 Å². The van der Waals surface area contributed by atoms with E-state index in [2.05, 4.69) is 20.0 Å². The zero-order chi connectivity index (χ0) is 28.4. The molecule has 0 saturated carbocycles. The highest BCUT2D eigenvalue weighted by molar-refractivity contribution is 7.51. The van der Waals surface area contributed by atoms with Crippen molar-refractivity contribution in [3.63, 3.8) is 0 Å². The van der Waals surface area contributed by atoms with Crippen LogP contribution in [0.15, 0.2) is 48.8 Å². The van der Waals surface area contributed by atoms with Crippen molar-refractivity contribution in [2.75, 3.05) is 12.3 Å². The molecule has 0 amide bonds. The number of nitrogens with two attached hydrogens (primary N) is 1. The van der Waals surface area contributed by atoms with Gasteiger partial charge in [-0.25, -0.2) is 19.0 Å². The number of fused-ring (bicyclic) bond motifs is 1. The van der Waals surface area contributed by atoms with Crippen molar-refractivity contribution in [2.45, 2.75) is 37.8 Å². The Morgan fingerprint density at radius 1 is 1.27 bits per heavy atom. The molecule has 1 aliphatic rings. The number of ether oxygens (including phenoxy) is 1. The Labute approximate surface area is 234 Å². The maximum atomic E-state index is 15.2. The third-order valence-corrected chi connectivity index (χ3v) is 8.60. The molecular weight excluding hydrogens is 592 g/mol. The van der Waals surface area contributed by atoms with E-state index in [1.54, 1.807) is 24.3 Å². The second kappa shape index (κ2) is 11.8. The van der Waals surface area contributed by atoms with Crippen LogP contribution in [-0.2, 0) is 31.5 Å². The van der Waals surface area contributed by atoms with Gasteiger partial charge in [0.25, 0.3) is 0 Å². The summed E-state index contributed by atoms with van der Waals surface area (Å²) in [5, 5.41) is 24.0. The number of aromatic nitrogens is 4. The molecule has 14 nitrogen and oxygen atoms in total. The van der Waals surface area contributed by atoms with Gasteiger partial charge < -0.3 is 15.6 Å². The van der Waals surface area contributed by atoms with E-state index in [4.69, 9.17) is 31.1 Å². The number of rotatable bonds is 11. The van der Waals surface area contributed by atoms with E-state index in [-0.39, 0.29) is 40.4 Å². The number of hydrogen-bond donors (Lipinski definition) is 3. The van der Waals surface area contributed by atoms with Crippen molar-refractivity contribution in [2.24, 2.45) is 0 Å². The third-order valence-electron chi connectivity index (χ3n) is 5.92. The lowest BCUT2D eigenvalue weighted by molar-refractivity contribution is -0.380. The number of halogens is 2. The number of aliphatic hydroxyl groups is 1. The van der Waals surface area contributed by atoms with E-state index < -0.39 is 43.9 Å². The van der Waals surface area contributed by atoms with Crippen LogP contribution < -0.4 is 10.8 Å². The van der Waals surface area contributed by atoms with Gasteiger partial charge in [-0.05, 0) is 23.2 Å². The first-order chi connectivity index (χ1) is 19.1. The number of imidazole rings is 1. The first kappa shape index (κ1) is 28.4. The minimum Gasteiger partial charge on any atom is -0.387 e. The number of nitro groups is 1. The average molecular weight is 614 g/mol. The Kier molecular flexibility index (Phi) is 8.39. The van der Waals surface area contributed by atoms with Crippen LogP contribution in [0, 0.1) is 10.1 Å². The molecule has 3 unspecified atom stereocenters. The van der Waals surface area contributed by atoms with Gasteiger partial charge in [0.1, 0.15) is 17.7 Å². The smallest absolute Gasteiger partial charge is 0.387 e. The van der Waals surface area contributed by atoms with E-state index in [9.17, 15) is 19.8 Å². The normalized spacial score (nSPS) is 22.5. The van der Waals surface area contributed by atoms with Crippen LogP contribution in [0.1, 0.15) is 16.7 Å². The number of nitrogens with zero attached hydrogens (tertiary/aromatic N) is 5. The van der Waals surface area contributed by atoms with E-state index in [1.807, 2.05) is 6.07 Å². The van der Waals surface area contributed by atoms with Crippen molar-refractivity contribution in [1.29, 1.82) is 0 Å². The lowest BCUT2D eigenvalue weighted by Gasteiger charge is -2.22. The van der Waals surface area contributed by atoms with Crippen LogP contribution >= 0.6 is 30.7 Å². The minimum absolute atomic E-state index is 0.0127. The number of alkyl halides is 1. The fourth-order valence-corrected chi connectivity index (χ4v) is 6.21. The summed E-state index contributed by atoms with van der Waals surface area (Å²) < 4.78 is 46.9. The summed E-state index contributed by atoms with van der Waals surface area (Å²) in [7, 11) is -4.10. The molecule has 1 saturated heterocycles. The minimum atomic E-state index is -4.10. The number of anilines is 1. The second-order valence-electron chi connectivity index (χ2n) is 8.59. The fraction of sp³-hybridized carbons (Fsp3) is 0.318. The number of benzene rings is 1. The Bertz CT molecular complexity index is 1560. The molecule has 18 heteroatoms. The summed E-state index contributed by atoms with van der Waals surface area (Å²) in [6.07, 6.45) is -5.01. The maximum absolute atomic E-state index is 15.2. The van der Waals surface area contributed by atoms with E-state index in [0.717, 1.165) is 16.9 Å². The lowest BCUT2D eigenvalue weighted by atomic mass is 10.1. The molecule has 0 bridgehead atoms. The molecule has 1 fully saturated rings. The zero-order valence-corrected chi connectivity index (χ0v) is 22.8. The lowest BCUT2D eigenvalue weighted by Crippen LogP contribution is -2.32. The number of hydrogen-bond acceptors (Lipinski definition) is 12. The summed E-state index contributed by atoms with van der Waals surface area (Å²) in [6.45, 7) is -0.691. The maximum Gasteiger partial charge on any atom is 0.406 e. The van der Waals surface area contributed by atoms with Crippen LogP contribution in [0.5, 0.6) is 0 Å². The first-order valence-corrected chi connectivity index (χ1v) is 14.4. The van der Waals surface area contributed by atoms with Gasteiger partial charge in [-0.3, -0.25) is 23.7 Å². The largest absolute Gasteiger partial charge is 0.406 e. The van der Waals surface area contributed by atoms with E-state index in [1.165, 1.54) is 23.0 Å². The number of nitrogens with one attached hydrogen (secondary N) is 1. The summed E-state index contributed by atoms with van der Waals surface area (Å²) in [5.74, 6) is -0.0127. The van der Waals surface area contributed by atoms with Crippen LogP contribution in [-0.4, -0.2) is 54.5 Å². The summed E-state index contributed by atoms with van der Waals surface area (Å²) in [5.41, 5.74) is 6.86. The highest BCUT2D eigenvalue weighted by atomic mass is 35.5. The topological polar surface area (TPSA) is 190 Å². The molecule has 40 heavy (non-hydrogen) atoms. The molecule has 212 valence electrons. The Balaban J connectivity index is 1.30. The van der Waals surface area contributed by atoms with Gasteiger partial charge in [0.15, 0.2) is 23.9 Å². The molecule has 5 atom stereocenters. The molecule has 0 radical (unpaired) electrons. The second-order valence-corrected chi connectivity index (χ2v) is 11.9. The SMILES string of the molecule is Nc1nc(Cl)nc2c1ncn2[C@@H]1O[C@H](COP(=O)(NCc2ccccc2)OCc2ccc([N+](=O)[O-])s2)C(O)C1F.